The Kier molecular flexibility index (Phi) is 3.83. The van der Waals surface area contributed by atoms with E-state index in [4.69, 9.17) is 10.2 Å². The molecule has 0 spiro atoms. The van der Waals surface area contributed by atoms with E-state index in [0.717, 1.165) is 6.08 Å². The number of ether oxygens (including phenoxy) is 2. The van der Waals surface area contributed by atoms with Crippen LogP contribution < -0.4 is 0 Å². The van der Waals surface area contributed by atoms with Crippen LogP contribution in [0.25, 0.3) is 0 Å². The fourth-order valence-corrected chi connectivity index (χ4v) is 0.354. The zero-order valence-corrected chi connectivity index (χ0v) is 5.37. The van der Waals surface area contributed by atoms with Gasteiger partial charge in [-0.25, -0.2) is 0 Å². The maximum absolute atomic E-state index is 8.24. The van der Waals surface area contributed by atoms with E-state index in [1.165, 1.54) is 14.2 Å². The van der Waals surface area contributed by atoms with Crippen molar-refractivity contribution in [1.82, 2.24) is 0 Å². The minimum atomic E-state index is -0.802. The number of rotatable bonds is 3. The van der Waals surface area contributed by atoms with Crippen molar-refractivity contribution in [3.05, 3.63) is 12.0 Å². The third-order valence-electron chi connectivity index (χ3n) is 0.750. The minimum absolute atomic E-state index is 0.685. The summed E-state index contributed by atoms with van der Waals surface area (Å²) >= 11 is 0. The zero-order valence-electron chi connectivity index (χ0n) is 5.37. The van der Waals surface area contributed by atoms with Gasteiger partial charge in [-0.1, -0.05) is 0 Å². The van der Waals surface area contributed by atoms with Gasteiger partial charge in [0, 0.05) is 14.2 Å². The molecule has 0 bridgehead atoms. The summed E-state index contributed by atoms with van der Waals surface area (Å²) in [6, 6.07) is 0. The predicted octanol–water partition coefficient (Wildman–Crippen LogP) is 0.563. The number of hydrogen-bond donors (Lipinski definition) is 2. The van der Waals surface area contributed by atoms with E-state index in [9.17, 15) is 0 Å². The molecule has 0 aromatic heterocycles. The molecule has 0 fully saturated rings. The largest absolute Gasteiger partial charge is 0.481 e. The summed E-state index contributed by atoms with van der Waals surface area (Å²) in [5.41, 5.74) is 0. The molecule has 0 atom stereocenters. The molecule has 54 valence electrons. The maximum atomic E-state index is 8.24. The average Bonchev–Trinajstić information content (AvgIpc) is 1.82. The van der Waals surface area contributed by atoms with Gasteiger partial charge in [-0.05, 0) is 0 Å². The first kappa shape index (κ1) is 8.26. The first-order valence-electron chi connectivity index (χ1n) is 2.36. The Labute approximate surface area is 53.3 Å². The smallest absolute Gasteiger partial charge is 0.275 e. The molecule has 0 aliphatic heterocycles. The van der Waals surface area contributed by atoms with Crippen LogP contribution in [0.1, 0.15) is 0 Å². The monoisotopic (exact) mass is 134 g/mol. The summed E-state index contributed by atoms with van der Waals surface area (Å²) in [5, 5.41) is 16.5. The molecular weight excluding hydrogens is 124 g/mol. The van der Waals surface area contributed by atoms with Crippen molar-refractivity contribution in [1.29, 1.82) is 0 Å². The predicted molar refractivity (Wildman–Crippen MR) is 31.1 cm³/mol. The van der Waals surface area contributed by atoms with Crippen molar-refractivity contribution < 1.29 is 19.7 Å². The van der Waals surface area contributed by atoms with Gasteiger partial charge in [-0.2, -0.15) is 0 Å². The molecule has 0 saturated heterocycles. The van der Waals surface area contributed by atoms with Gasteiger partial charge in [0.25, 0.3) is 5.95 Å². The number of aliphatic hydroxyl groups is 2. The van der Waals surface area contributed by atoms with E-state index in [2.05, 4.69) is 9.47 Å². The lowest BCUT2D eigenvalue weighted by atomic mass is 10.6. The summed E-state index contributed by atoms with van der Waals surface area (Å²) < 4.78 is 9.18. The number of hydrogen-bond acceptors (Lipinski definition) is 4. The Hall–Kier alpha value is -0.740. The summed E-state index contributed by atoms with van der Waals surface area (Å²) in [7, 11) is 2.79. The molecule has 4 heteroatoms. The van der Waals surface area contributed by atoms with Crippen molar-refractivity contribution in [2.75, 3.05) is 14.2 Å². The van der Waals surface area contributed by atoms with Crippen LogP contribution in [0.5, 0.6) is 0 Å². The van der Waals surface area contributed by atoms with E-state index in [1.807, 2.05) is 0 Å². The van der Waals surface area contributed by atoms with E-state index >= 15 is 0 Å². The van der Waals surface area contributed by atoms with Crippen molar-refractivity contribution in [3.63, 3.8) is 0 Å². The van der Waals surface area contributed by atoms with Gasteiger partial charge in [0.15, 0.2) is 6.29 Å². The quantitative estimate of drug-likeness (QED) is 0.437. The molecule has 0 unspecified atom stereocenters. The Morgan fingerprint density at radius 1 is 1.33 bits per heavy atom. The third kappa shape index (κ3) is 3.81. The molecule has 9 heavy (non-hydrogen) atoms. The second-order valence-electron chi connectivity index (χ2n) is 1.36. The Morgan fingerprint density at radius 3 is 1.89 bits per heavy atom. The lowest BCUT2D eigenvalue weighted by Crippen LogP contribution is -2.09. The summed E-state index contributed by atoms with van der Waals surface area (Å²) in [4.78, 5) is 0. The average molecular weight is 134 g/mol. The standard InChI is InChI=1S/C5H10O4/c1-8-5(9-2)3-4(6)7/h3,5-7H,1-2H3. The highest BCUT2D eigenvalue weighted by atomic mass is 16.7. The molecule has 2 N–H and O–H groups in total. The van der Waals surface area contributed by atoms with Crippen molar-refractivity contribution in [3.8, 4) is 0 Å². The van der Waals surface area contributed by atoms with Gasteiger partial charge in [0.1, 0.15) is 0 Å². The molecule has 0 aliphatic carbocycles. The maximum Gasteiger partial charge on any atom is 0.275 e. The van der Waals surface area contributed by atoms with E-state index < -0.39 is 12.2 Å². The van der Waals surface area contributed by atoms with E-state index in [-0.39, 0.29) is 0 Å². The SMILES string of the molecule is COC(C=C(O)O)OC. The first-order valence-corrected chi connectivity index (χ1v) is 2.36. The minimum Gasteiger partial charge on any atom is -0.481 e. The van der Waals surface area contributed by atoms with Gasteiger partial charge in [-0.3, -0.25) is 0 Å². The van der Waals surface area contributed by atoms with Crippen molar-refractivity contribution >= 4 is 0 Å². The number of aliphatic hydroxyl groups excluding tert-OH is 1. The molecule has 0 heterocycles. The highest BCUT2D eigenvalue weighted by Gasteiger charge is 2.00. The van der Waals surface area contributed by atoms with Gasteiger partial charge >= 0.3 is 0 Å². The fourth-order valence-electron chi connectivity index (χ4n) is 0.354. The van der Waals surface area contributed by atoms with E-state index in [1.54, 1.807) is 0 Å². The second-order valence-corrected chi connectivity index (χ2v) is 1.36. The summed E-state index contributed by atoms with van der Waals surface area (Å²) in [6.07, 6.45) is 0.343. The van der Waals surface area contributed by atoms with Gasteiger partial charge < -0.3 is 19.7 Å². The normalized spacial score (nSPS) is 9.67. The van der Waals surface area contributed by atoms with Crippen LogP contribution in [-0.4, -0.2) is 30.7 Å². The van der Waals surface area contributed by atoms with Gasteiger partial charge in [0.2, 0.25) is 0 Å². The van der Waals surface area contributed by atoms with Gasteiger partial charge in [0.05, 0.1) is 6.08 Å². The Balaban J connectivity index is 3.68. The highest BCUT2D eigenvalue weighted by molar-refractivity contribution is 4.82. The molecule has 0 aliphatic rings. The van der Waals surface area contributed by atoms with Crippen LogP contribution in [0.4, 0.5) is 0 Å². The molecule has 0 aromatic rings. The fraction of sp³-hybridized carbons (Fsp3) is 0.600. The van der Waals surface area contributed by atoms with Crippen LogP contribution in [0.3, 0.4) is 0 Å². The van der Waals surface area contributed by atoms with Gasteiger partial charge in [-0.15, -0.1) is 0 Å². The highest BCUT2D eigenvalue weighted by Crippen LogP contribution is 1.94. The molecule has 4 nitrogen and oxygen atoms in total. The topological polar surface area (TPSA) is 58.9 Å². The molecule has 0 aromatic carbocycles. The molecule has 0 rings (SSSR count). The Morgan fingerprint density at radius 2 is 1.78 bits per heavy atom. The molecule has 0 saturated carbocycles. The first-order chi connectivity index (χ1) is 4.20. The van der Waals surface area contributed by atoms with Crippen LogP contribution in [0, 0.1) is 0 Å². The lowest BCUT2D eigenvalue weighted by molar-refractivity contribution is -0.0707. The molecule has 0 amide bonds. The van der Waals surface area contributed by atoms with Crippen molar-refractivity contribution in [2.24, 2.45) is 0 Å². The number of methoxy groups -OCH3 is 2. The van der Waals surface area contributed by atoms with Crippen LogP contribution in [0.15, 0.2) is 12.0 Å². The second kappa shape index (κ2) is 4.17. The van der Waals surface area contributed by atoms with Crippen LogP contribution in [-0.2, 0) is 9.47 Å². The summed E-state index contributed by atoms with van der Waals surface area (Å²) in [6.45, 7) is 0. The molecule has 0 radical (unpaired) electrons. The molecular formula is C5H10O4. The van der Waals surface area contributed by atoms with Crippen LogP contribution in [0.2, 0.25) is 0 Å². The Bertz CT molecular complexity index is 91.1. The van der Waals surface area contributed by atoms with E-state index in [0.29, 0.717) is 0 Å². The van der Waals surface area contributed by atoms with Crippen LogP contribution >= 0.6 is 0 Å². The summed E-state index contributed by atoms with van der Waals surface area (Å²) in [5.74, 6) is -0.802. The van der Waals surface area contributed by atoms with Crippen molar-refractivity contribution in [2.45, 2.75) is 6.29 Å². The lowest BCUT2D eigenvalue weighted by Gasteiger charge is -2.06. The zero-order chi connectivity index (χ0) is 7.28. The third-order valence-corrected chi connectivity index (χ3v) is 0.750.